The molecule has 0 bridgehead atoms. The van der Waals surface area contributed by atoms with E-state index < -0.39 is 0 Å². The maximum absolute atomic E-state index is 11.7. The summed E-state index contributed by atoms with van der Waals surface area (Å²) in [6.45, 7) is 6.12. The zero-order valence-electron chi connectivity index (χ0n) is 10.9. The quantitative estimate of drug-likeness (QED) is 0.943. The normalized spacial score (nSPS) is 10.6. The van der Waals surface area contributed by atoms with Gasteiger partial charge in [-0.15, -0.1) is 5.10 Å². The van der Waals surface area contributed by atoms with Gasteiger partial charge >= 0.3 is 0 Å². The summed E-state index contributed by atoms with van der Waals surface area (Å²) in [5, 5.41) is 11.4. The molecule has 1 N–H and O–H groups in total. The number of benzene rings is 1. The molecular weight excluding hydrogens is 299 g/mol. The summed E-state index contributed by atoms with van der Waals surface area (Å²) in [5.41, 5.74) is 1.91. The minimum Gasteiger partial charge on any atom is -0.351 e. The highest BCUT2D eigenvalue weighted by atomic mass is 35.5. The van der Waals surface area contributed by atoms with E-state index in [1.54, 1.807) is 23.7 Å². The van der Waals surface area contributed by atoms with Crippen molar-refractivity contribution >= 4 is 29.1 Å². The Labute approximate surface area is 126 Å². The number of amides is 1. The van der Waals surface area contributed by atoms with E-state index in [-0.39, 0.29) is 5.91 Å². The summed E-state index contributed by atoms with van der Waals surface area (Å²) in [4.78, 5) is 11.7. The molecule has 105 valence electrons. The van der Waals surface area contributed by atoms with E-state index in [9.17, 15) is 4.79 Å². The number of carbonyl (C=O) groups is 1. The number of hydrogen-bond donors (Lipinski definition) is 1. The van der Waals surface area contributed by atoms with Crippen molar-refractivity contribution in [2.24, 2.45) is 0 Å². The van der Waals surface area contributed by atoms with Gasteiger partial charge in [-0.3, -0.25) is 4.79 Å². The molecular formula is C13H13Cl2N4O. The zero-order valence-corrected chi connectivity index (χ0v) is 12.4. The van der Waals surface area contributed by atoms with Crippen LogP contribution in [0.1, 0.15) is 21.7 Å². The molecule has 0 aliphatic heterocycles. The van der Waals surface area contributed by atoms with Crippen molar-refractivity contribution in [2.45, 2.75) is 13.5 Å². The summed E-state index contributed by atoms with van der Waals surface area (Å²) in [7, 11) is 0. The minimum atomic E-state index is -0.280. The molecule has 0 fully saturated rings. The van der Waals surface area contributed by atoms with E-state index in [4.69, 9.17) is 23.2 Å². The molecule has 1 radical (unpaired) electrons. The van der Waals surface area contributed by atoms with Gasteiger partial charge in [-0.1, -0.05) is 34.5 Å². The number of hydrogen-bond acceptors (Lipinski definition) is 3. The van der Waals surface area contributed by atoms with Crippen LogP contribution in [0, 0.1) is 13.8 Å². The van der Waals surface area contributed by atoms with Gasteiger partial charge in [0.25, 0.3) is 5.91 Å². The number of halogens is 2. The van der Waals surface area contributed by atoms with E-state index in [0.717, 1.165) is 5.56 Å². The van der Waals surface area contributed by atoms with Gasteiger partial charge in [-0.25, -0.2) is 4.68 Å². The van der Waals surface area contributed by atoms with Crippen molar-refractivity contribution < 1.29 is 4.79 Å². The van der Waals surface area contributed by atoms with E-state index in [1.165, 1.54) is 0 Å². The second-order valence-corrected chi connectivity index (χ2v) is 5.00. The van der Waals surface area contributed by atoms with Crippen molar-refractivity contribution in [2.75, 3.05) is 6.54 Å². The summed E-state index contributed by atoms with van der Waals surface area (Å²) < 4.78 is 1.64. The largest absolute Gasteiger partial charge is 0.351 e. The van der Waals surface area contributed by atoms with E-state index in [2.05, 4.69) is 22.6 Å². The van der Waals surface area contributed by atoms with Gasteiger partial charge in [0.2, 0.25) is 0 Å². The Morgan fingerprint density at radius 1 is 1.40 bits per heavy atom. The van der Waals surface area contributed by atoms with E-state index >= 15 is 0 Å². The fourth-order valence-electron chi connectivity index (χ4n) is 1.73. The molecule has 20 heavy (non-hydrogen) atoms. The highest BCUT2D eigenvalue weighted by Crippen LogP contribution is 2.23. The van der Waals surface area contributed by atoms with Crippen LogP contribution in [0.5, 0.6) is 0 Å². The predicted molar refractivity (Wildman–Crippen MR) is 78.0 cm³/mol. The van der Waals surface area contributed by atoms with Crippen LogP contribution in [-0.2, 0) is 6.54 Å². The monoisotopic (exact) mass is 311 g/mol. The summed E-state index contributed by atoms with van der Waals surface area (Å²) in [6.07, 6.45) is 0. The first-order valence-corrected chi connectivity index (χ1v) is 6.70. The lowest BCUT2D eigenvalue weighted by molar-refractivity contribution is 0.0952. The minimum absolute atomic E-state index is 0.280. The number of nitrogens with zero attached hydrogens (tertiary/aromatic N) is 3. The van der Waals surface area contributed by atoms with Gasteiger partial charge in [0.15, 0.2) is 5.69 Å². The number of carbonyl (C=O) groups excluding carboxylic acids is 1. The van der Waals surface area contributed by atoms with Gasteiger partial charge in [0.05, 0.1) is 22.3 Å². The molecule has 2 rings (SSSR count). The smallest absolute Gasteiger partial charge is 0.273 e. The number of rotatable bonds is 4. The molecule has 0 spiro atoms. The molecule has 1 aromatic heterocycles. The van der Waals surface area contributed by atoms with Gasteiger partial charge in [0, 0.05) is 6.54 Å². The Balaban J connectivity index is 2.22. The molecule has 0 saturated heterocycles. The van der Waals surface area contributed by atoms with Crippen LogP contribution in [0.4, 0.5) is 0 Å². The van der Waals surface area contributed by atoms with Crippen molar-refractivity contribution in [3.05, 3.63) is 52.1 Å². The first kappa shape index (κ1) is 14.8. The molecule has 0 aliphatic rings. The summed E-state index contributed by atoms with van der Waals surface area (Å²) in [5.74, 6) is -0.280. The fourth-order valence-corrected chi connectivity index (χ4v) is 2.05. The van der Waals surface area contributed by atoms with Gasteiger partial charge < -0.3 is 5.32 Å². The van der Waals surface area contributed by atoms with Crippen molar-refractivity contribution in [3.63, 3.8) is 0 Å². The van der Waals surface area contributed by atoms with Crippen LogP contribution in [0.2, 0.25) is 10.0 Å². The zero-order chi connectivity index (χ0) is 14.7. The predicted octanol–water partition coefficient (Wildman–Crippen LogP) is 2.51. The molecule has 2 aromatic rings. The van der Waals surface area contributed by atoms with Crippen molar-refractivity contribution in [1.29, 1.82) is 0 Å². The maximum Gasteiger partial charge on any atom is 0.273 e. The Kier molecular flexibility index (Phi) is 4.62. The van der Waals surface area contributed by atoms with Gasteiger partial charge in [-0.05, 0) is 31.5 Å². The van der Waals surface area contributed by atoms with Gasteiger partial charge in [-0.2, -0.15) is 0 Å². The highest BCUT2D eigenvalue weighted by molar-refractivity contribution is 6.42. The van der Waals surface area contributed by atoms with E-state index in [0.29, 0.717) is 34.5 Å². The molecule has 7 heteroatoms. The molecule has 0 saturated carbocycles. The summed E-state index contributed by atoms with van der Waals surface area (Å²) >= 11 is 11.8. The summed E-state index contributed by atoms with van der Waals surface area (Å²) in [6, 6.07) is 5.34. The topological polar surface area (TPSA) is 59.8 Å². The fraction of sp³-hybridized carbons (Fsp3) is 0.231. The Bertz CT molecular complexity index is 639. The van der Waals surface area contributed by atoms with Crippen molar-refractivity contribution in [1.82, 2.24) is 20.3 Å². The molecule has 5 nitrogen and oxygen atoms in total. The van der Waals surface area contributed by atoms with Crippen LogP contribution >= 0.6 is 23.2 Å². The Hall–Kier alpha value is -1.59. The lowest BCUT2D eigenvalue weighted by Crippen LogP contribution is -2.24. The average molecular weight is 312 g/mol. The van der Waals surface area contributed by atoms with E-state index in [1.807, 2.05) is 6.07 Å². The second-order valence-electron chi connectivity index (χ2n) is 4.19. The number of nitrogens with one attached hydrogen (secondary N) is 1. The molecule has 1 heterocycles. The number of aromatic nitrogens is 3. The Morgan fingerprint density at radius 2 is 2.15 bits per heavy atom. The molecule has 0 aliphatic carbocycles. The lowest BCUT2D eigenvalue weighted by atomic mass is 10.2. The molecule has 1 aromatic carbocycles. The average Bonchev–Trinajstić information content (AvgIpc) is 2.76. The third-order valence-electron chi connectivity index (χ3n) is 2.80. The first-order chi connectivity index (χ1) is 9.52. The lowest BCUT2D eigenvalue weighted by Gasteiger charge is -2.05. The second kappa shape index (κ2) is 6.24. The van der Waals surface area contributed by atoms with Crippen LogP contribution in [0.3, 0.4) is 0 Å². The standard InChI is InChI=1S/C13H13Cl2N4O/c1-3-16-13(20)12-8(2)19(18-17-12)7-9-4-5-10(14)11(15)6-9/h4-6H,1,3,7H2,2H3,(H,16,20). The van der Waals surface area contributed by atoms with Crippen LogP contribution in [0.15, 0.2) is 18.2 Å². The SMILES string of the molecule is [CH2]CNC(=O)c1nnn(Cc2ccc(Cl)c(Cl)c2)c1C. The third kappa shape index (κ3) is 3.11. The molecule has 0 atom stereocenters. The Morgan fingerprint density at radius 3 is 2.80 bits per heavy atom. The third-order valence-corrected chi connectivity index (χ3v) is 3.54. The molecule has 0 unspecified atom stereocenters. The van der Waals surface area contributed by atoms with Gasteiger partial charge in [0.1, 0.15) is 0 Å². The van der Waals surface area contributed by atoms with Crippen LogP contribution < -0.4 is 5.32 Å². The van der Waals surface area contributed by atoms with Crippen LogP contribution in [0.25, 0.3) is 0 Å². The maximum atomic E-state index is 11.7. The molecule has 1 amide bonds. The van der Waals surface area contributed by atoms with Crippen LogP contribution in [-0.4, -0.2) is 27.4 Å². The first-order valence-electron chi connectivity index (χ1n) is 5.94. The highest BCUT2D eigenvalue weighted by Gasteiger charge is 2.15. The van der Waals surface area contributed by atoms with Crippen molar-refractivity contribution in [3.8, 4) is 0 Å².